The van der Waals surface area contributed by atoms with Crippen molar-refractivity contribution in [2.24, 2.45) is 0 Å². The summed E-state index contributed by atoms with van der Waals surface area (Å²) in [6.07, 6.45) is 1.70. The summed E-state index contributed by atoms with van der Waals surface area (Å²) in [5, 5.41) is 20.6. The van der Waals surface area contributed by atoms with E-state index in [1.807, 2.05) is 35.4 Å². The molecule has 1 saturated heterocycles. The molecule has 28 heavy (non-hydrogen) atoms. The average molecular weight is 381 g/mol. The van der Waals surface area contributed by atoms with Crippen LogP contribution in [-0.4, -0.2) is 53.9 Å². The molecule has 4 heterocycles. The van der Waals surface area contributed by atoms with E-state index >= 15 is 0 Å². The smallest absolute Gasteiger partial charge is 0.257 e. The van der Waals surface area contributed by atoms with Crippen LogP contribution in [0.15, 0.2) is 12.1 Å². The lowest BCUT2D eigenvalue weighted by molar-refractivity contribution is 0.0709. The number of nitrogens with one attached hydrogen (secondary N) is 1. The van der Waals surface area contributed by atoms with E-state index in [0.717, 1.165) is 41.4 Å². The number of rotatable bonds is 2. The zero-order valence-corrected chi connectivity index (χ0v) is 17.2. The minimum absolute atomic E-state index is 0.0359. The summed E-state index contributed by atoms with van der Waals surface area (Å²) in [7, 11) is 0. The maximum atomic E-state index is 12.9. The predicted molar refractivity (Wildman–Crippen MR) is 105 cm³/mol. The maximum Gasteiger partial charge on any atom is 0.257 e. The van der Waals surface area contributed by atoms with Gasteiger partial charge in [0.05, 0.1) is 17.0 Å². The number of H-pyrrole nitrogens is 1. The molecule has 0 radical (unpaired) electrons. The van der Waals surface area contributed by atoms with Crippen LogP contribution in [0.4, 0.5) is 0 Å². The third-order valence-electron chi connectivity index (χ3n) is 5.54. The van der Waals surface area contributed by atoms with Gasteiger partial charge in [-0.25, -0.2) is 0 Å². The zero-order chi connectivity index (χ0) is 20.1. The number of hydrogen-bond donors (Lipinski definition) is 1. The number of likely N-dealkylation sites (tertiary alicyclic amines) is 1. The van der Waals surface area contributed by atoms with Crippen molar-refractivity contribution in [1.82, 2.24) is 34.9 Å². The van der Waals surface area contributed by atoms with E-state index in [9.17, 15) is 4.79 Å². The van der Waals surface area contributed by atoms with Crippen LogP contribution in [0.25, 0.3) is 5.65 Å². The summed E-state index contributed by atoms with van der Waals surface area (Å²) >= 11 is 0. The second-order valence-corrected chi connectivity index (χ2v) is 8.67. The average Bonchev–Trinajstić information content (AvgIpc) is 3.23. The van der Waals surface area contributed by atoms with Crippen molar-refractivity contribution in [2.75, 3.05) is 13.1 Å². The Labute approximate surface area is 164 Å². The molecule has 0 unspecified atom stereocenters. The maximum absolute atomic E-state index is 12.9. The number of amides is 1. The Morgan fingerprint density at radius 2 is 1.86 bits per heavy atom. The van der Waals surface area contributed by atoms with E-state index in [1.165, 1.54) is 0 Å². The largest absolute Gasteiger partial charge is 0.338 e. The zero-order valence-electron chi connectivity index (χ0n) is 17.2. The lowest BCUT2D eigenvalue weighted by Crippen LogP contribution is -2.38. The fraction of sp³-hybridized carbons (Fsp3) is 0.550. The summed E-state index contributed by atoms with van der Waals surface area (Å²) in [6, 6.07) is 4.00. The number of fused-ring (bicyclic) bond motifs is 1. The van der Waals surface area contributed by atoms with Gasteiger partial charge in [0, 0.05) is 30.1 Å². The molecular weight excluding hydrogens is 354 g/mol. The first kappa shape index (κ1) is 18.6. The van der Waals surface area contributed by atoms with Crippen LogP contribution in [0.2, 0.25) is 0 Å². The highest BCUT2D eigenvalue weighted by Gasteiger charge is 2.30. The first-order chi connectivity index (χ1) is 13.3. The minimum atomic E-state index is -0.0359. The topological polar surface area (TPSA) is 92.1 Å². The summed E-state index contributed by atoms with van der Waals surface area (Å²) in [5.74, 6) is 1.19. The van der Waals surface area contributed by atoms with Crippen LogP contribution in [0.5, 0.6) is 0 Å². The molecule has 1 N–H and O–H groups in total. The molecule has 0 bridgehead atoms. The Balaban J connectivity index is 1.53. The van der Waals surface area contributed by atoms with Gasteiger partial charge in [-0.2, -0.15) is 14.7 Å². The molecule has 0 spiro atoms. The fourth-order valence-corrected chi connectivity index (χ4v) is 3.82. The van der Waals surface area contributed by atoms with Gasteiger partial charge in [0.2, 0.25) is 0 Å². The molecule has 1 amide bonds. The summed E-state index contributed by atoms with van der Waals surface area (Å²) in [6.45, 7) is 11.6. The lowest BCUT2D eigenvalue weighted by Gasteiger charge is -2.31. The van der Waals surface area contributed by atoms with Gasteiger partial charge < -0.3 is 4.90 Å². The Bertz CT molecular complexity index is 1000. The molecule has 3 aromatic heterocycles. The van der Waals surface area contributed by atoms with Crippen molar-refractivity contribution >= 4 is 11.6 Å². The molecule has 1 aliphatic heterocycles. The first-order valence-electron chi connectivity index (χ1n) is 9.79. The van der Waals surface area contributed by atoms with Crippen molar-refractivity contribution in [3.05, 3.63) is 40.6 Å². The Kier molecular flexibility index (Phi) is 4.44. The quantitative estimate of drug-likeness (QED) is 0.737. The predicted octanol–water partition coefficient (Wildman–Crippen LogP) is 2.78. The van der Waals surface area contributed by atoms with Crippen LogP contribution in [0, 0.1) is 13.8 Å². The third kappa shape index (κ3) is 3.16. The highest BCUT2D eigenvalue weighted by molar-refractivity contribution is 5.96. The SMILES string of the molecule is Cc1n[nH]c(C)c1C(=O)N1CCC(c2nnc3ccc(C(C)(C)C)nn23)CC1. The van der Waals surface area contributed by atoms with Gasteiger partial charge in [-0.3, -0.25) is 9.89 Å². The minimum Gasteiger partial charge on any atom is -0.338 e. The summed E-state index contributed by atoms with van der Waals surface area (Å²) < 4.78 is 1.88. The molecule has 1 aliphatic rings. The number of carbonyl (C=O) groups excluding carboxylic acids is 1. The number of nitrogens with zero attached hydrogens (tertiary/aromatic N) is 6. The van der Waals surface area contributed by atoms with Crippen LogP contribution in [-0.2, 0) is 5.41 Å². The molecule has 0 aromatic carbocycles. The van der Waals surface area contributed by atoms with Crippen molar-refractivity contribution in [3.8, 4) is 0 Å². The summed E-state index contributed by atoms with van der Waals surface area (Å²) in [5.41, 5.74) is 4.03. The Morgan fingerprint density at radius 3 is 2.46 bits per heavy atom. The standard InChI is InChI=1S/C20H27N7O/c1-12-17(13(2)22-21-12)19(28)26-10-8-14(9-11-26)18-24-23-16-7-6-15(20(3,4)5)25-27(16)18/h6-7,14H,8-11H2,1-5H3,(H,21,22). The van der Waals surface area contributed by atoms with E-state index in [-0.39, 0.29) is 17.2 Å². The van der Waals surface area contributed by atoms with Gasteiger partial charge in [0.1, 0.15) is 0 Å². The highest BCUT2D eigenvalue weighted by atomic mass is 16.2. The molecular formula is C20H27N7O. The molecule has 3 aromatic rings. The van der Waals surface area contributed by atoms with Crippen LogP contribution < -0.4 is 0 Å². The molecule has 0 aliphatic carbocycles. The molecule has 1 fully saturated rings. The van der Waals surface area contributed by atoms with Crippen molar-refractivity contribution in [2.45, 2.75) is 58.8 Å². The second-order valence-electron chi connectivity index (χ2n) is 8.67. The van der Waals surface area contributed by atoms with Gasteiger partial charge in [-0.1, -0.05) is 20.8 Å². The van der Waals surface area contributed by atoms with Crippen LogP contribution >= 0.6 is 0 Å². The van der Waals surface area contributed by atoms with Gasteiger partial charge in [-0.15, -0.1) is 10.2 Å². The van der Waals surface area contributed by atoms with E-state index in [0.29, 0.717) is 18.7 Å². The van der Waals surface area contributed by atoms with Crippen molar-refractivity contribution in [3.63, 3.8) is 0 Å². The van der Waals surface area contributed by atoms with E-state index < -0.39 is 0 Å². The van der Waals surface area contributed by atoms with Crippen molar-refractivity contribution in [1.29, 1.82) is 0 Å². The molecule has 8 heteroatoms. The monoisotopic (exact) mass is 381 g/mol. The highest BCUT2D eigenvalue weighted by Crippen LogP contribution is 2.29. The number of piperidine rings is 1. The van der Waals surface area contributed by atoms with E-state index in [1.54, 1.807) is 0 Å². The van der Waals surface area contributed by atoms with E-state index in [2.05, 4.69) is 41.2 Å². The van der Waals surface area contributed by atoms with Gasteiger partial charge >= 0.3 is 0 Å². The molecule has 0 atom stereocenters. The number of carbonyl (C=O) groups is 1. The molecule has 0 saturated carbocycles. The fourth-order valence-electron chi connectivity index (χ4n) is 3.82. The summed E-state index contributed by atoms with van der Waals surface area (Å²) in [4.78, 5) is 14.8. The normalized spacial score (nSPS) is 16.1. The van der Waals surface area contributed by atoms with Crippen LogP contribution in [0.1, 0.15) is 72.8 Å². The Hall–Kier alpha value is -2.77. The molecule has 8 nitrogen and oxygen atoms in total. The van der Waals surface area contributed by atoms with Crippen LogP contribution in [0.3, 0.4) is 0 Å². The third-order valence-corrected chi connectivity index (χ3v) is 5.54. The van der Waals surface area contributed by atoms with E-state index in [4.69, 9.17) is 5.10 Å². The van der Waals surface area contributed by atoms with Gasteiger partial charge in [-0.05, 0) is 38.8 Å². The molecule has 4 rings (SSSR count). The Morgan fingerprint density at radius 1 is 1.14 bits per heavy atom. The first-order valence-corrected chi connectivity index (χ1v) is 9.79. The lowest BCUT2D eigenvalue weighted by atomic mass is 9.92. The number of aromatic amines is 1. The number of aromatic nitrogens is 6. The number of aryl methyl sites for hydroxylation is 2. The molecule has 148 valence electrons. The second kappa shape index (κ2) is 6.68. The van der Waals surface area contributed by atoms with Gasteiger partial charge in [0.25, 0.3) is 5.91 Å². The van der Waals surface area contributed by atoms with Gasteiger partial charge in [0.15, 0.2) is 11.5 Å². The van der Waals surface area contributed by atoms with Crippen molar-refractivity contribution < 1.29 is 4.79 Å². The number of hydrogen-bond acceptors (Lipinski definition) is 5.